The van der Waals surface area contributed by atoms with E-state index in [1.807, 2.05) is 32.8 Å². The van der Waals surface area contributed by atoms with Gasteiger partial charge in [-0.1, -0.05) is 13.8 Å². The lowest BCUT2D eigenvalue weighted by molar-refractivity contribution is 0.343. The summed E-state index contributed by atoms with van der Waals surface area (Å²) in [6.07, 6.45) is 0. The zero-order chi connectivity index (χ0) is 14.6. The standard InChI is InChI=1S/C13H22F2N4/c1-8(2)11(7-19(4)5)17-13-10(15)6-9(14)12(16-3)18-13/h6,8,11H,7H2,1-5H3,(H2,16,17,18). The van der Waals surface area contributed by atoms with Crippen LogP contribution in [0.4, 0.5) is 20.4 Å². The van der Waals surface area contributed by atoms with Gasteiger partial charge < -0.3 is 15.5 Å². The number of rotatable bonds is 6. The van der Waals surface area contributed by atoms with Crippen molar-refractivity contribution in [1.82, 2.24) is 9.88 Å². The van der Waals surface area contributed by atoms with Crippen molar-refractivity contribution in [2.24, 2.45) is 5.92 Å². The fraction of sp³-hybridized carbons (Fsp3) is 0.615. The first-order valence-electron chi connectivity index (χ1n) is 6.30. The number of aromatic nitrogens is 1. The summed E-state index contributed by atoms with van der Waals surface area (Å²) in [5, 5.41) is 5.65. The zero-order valence-electron chi connectivity index (χ0n) is 12.1. The number of nitrogens with one attached hydrogen (secondary N) is 2. The molecular weight excluding hydrogens is 250 g/mol. The number of hydrogen-bond donors (Lipinski definition) is 2. The monoisotopic (exact) mass is 272 g/mol. The number of hydrogen-bond acceptors (Lipinski definition) is 4. The minimum atomic E-state index is -0.695. The fourth-order valence-corrected chi connectivity index (χ4v) is 1.74. The van der Waals surface area contributed by atoms with Gasteiger partial charge in [0.15, 0.2) is 23.3 Å². The van der Waals surface area contributed by atoms with E-state index >= 15 is 0 Å². The topological polar surface area (TPSA) is 40.2 Å². The van der Waals surface area contributed by atoms with Gasteiger partial charge in [-0.05, 0) is 20.0 Å². The van der Waals surface area contributed by atoms with Gasteiger partial charge in [0.05, 0.1) is 0 Å². The van der Waals surface area contributed by atoms with Crippen LogP contribution in [0.5, 0.6) is 0 Å². The van der Waals surface area contributed by atoms with Crippen molar-refractivity contribution in [3.8, 4) is 0 Å². The van der Waals surface area contributed by atoms with Gasteiger partial charge in [-0.2, -0.15) is 0 Å². The SMILES string of the molecule is CNc1nc(NC(CN(C)C)C(C)C)c(F)cc1F. The van der Waals surface area contributed by atoms with Gasteiger partial charge in [0, 0.05) is 25.7 Å². The first-order chi connectivity index (χ1) is 8.85. The number of nitrogens with zero attached hydrogens (tertiary/aromatic N) is 2. The Hall–Kier alpha value is -1.43. The molecule has 6 heteroatoms. The Balaban J connectivity index is 2.95. The predicted octanol–water partition coefficient (Wildman–Crippen LogP) is 2.40. The molecule has 0 aromatic carbocycles. The van der Waals surface area contributed by atoms with E-state index < -0.39 is 11.6 Å². The molecule has 0 aliphatic rings. The van der Waals surface area contributed by atoms with Crippen LogP contribution in [0.1, 0.15) is 13.8 Å². The first kappa shape index (κ1) is 15.6. The van der Waals surface area contributed by atoms with Crippen molar-refractivity contribution in [2.45, 2.75) is 19.9 Å². The van der Waals surface area contributed by atoms with Crippen molar-refractivity contribution in [3.63, 3.8) is 0 Å². The Kier molecular flexibility index (Phi) is 5.47. The van der Waals surface area contributed by atoms with Crippen molar-refractivity contribution in [3.05, 3.63) is 17.7 Å². The quantitative estimate of drug-likeness (QED) is 0.834. The largest absolute Gasteiger partial charge is 0.371 e. The van der Waals surface area contributed by atoms with Crippen molar-refractivity contribution < 1.29 is 8.78 Å². The normalized spacial score (nSPS) is 12.9. The molecule has 0 radical (unpaired) electrons. The van der Waals surface area contributed by atoms with Gasteiger partial charge >= 0.3 is 0 Å². The Morgan fingerprint density at radius 2 is 1.79 bits per heavy atom. The maximum absolute atomic E-state index is 13.7. The van der Waals surface area contributed by atoms with Gasteiger partial charge in [0.25, 0.3) is 0 Å². The van der Waals surface area contributed by atoms with Crippen molar-refractivity contribution in [1.29, 1.82) is 0 Å². The van der Waals surface area contributed by atoms with Crippen LogP contribution in [0.3, 0.4) is 0 Å². The Labute approximate surface area is 113 Å². The lowest BCUT2D eigenvalue weighted by Gasteiger charge is -2.26. The third-order valence-corrected chi connectivity index (χ3v) is 2.85. The molecule has 0 fully saturated rings. The zero-order valence-corrected chi connectivity index (χ0v) is 12.1. The number of likely N-dealkylation sites (N-methyl/N-ethyl adjacent to an activating group) is 1. The van der Waals surface area contributed by atoms with E-state index in [2.05, 4.69) is 15.6 Å². The molecule has 1 unspecified atom stereocenters. The van der Waals surface area contributed by atoms with Gasteiger partial charge in [-0.3, -0.25) is 0 Å². The maximum atomic E-state index is 13.7. The van der Waals surface area contributed by atoms with Crippen LogP contribution in [0.15, 0.2) is 6.07 Å². The highest BCUT2D eigenvalue weighted by molar-refractivity contribution is 5.47. The first-order valence-corrected chi connectivity index (χ1v) is 6.30. The number of pyridine rings is 1. The van der Waals surface area contributed by atoms with Gasteiger partial charge in [0.2, 0.25) is 0 Å². The highest BCUT2D eigenvalue weighted by Gasteiger charge is 2.18. The summed E-state index contributed by atoms with van der Waals surface area (Å²) in [4.78, 5) is 5.94. The molecule has 2 N–H and O–H groups in total. The predicted molar refractivity (Wildman–Crippen MR) is 74.5 cm³/mol. The van der Waals surface area contributed by atoms with Crippen LogP contribution >= 0.6 is 0 Å². The molecular formula is C13H22F2N4. The molecule has 0 aliphatic heterocycles. The van der Waals surface area contributed by atoms with E-state index in [9.17, 15) is 8.78 Å². The fourth-order valence-electron chi connectivity index (χ4n) is 1.74. The molecule has 0 spiro atoms. The molecule has 19 heavy (non-hydrogen) atoms. The molecule has 0 amide bonds. The average molecular weight is 272 g/mol. The van der Waals surface area contributed by atoms with E-state index in [4.69, 9.17) is 0 Å². The number of halogens is 2. The second kappa shape index (κ2) is 6.65. The minimum Gasteiger partial charge on any atom is -0.371 e. The smallest absolute Gasteiger partial charge is 0.168 e. The van der Waals surface area contributed by atoms with Gasteiger partial charge in [-0.25, -0.2) is 13.8 Å². The molecule has 0 bridgehead atoms. The summed E-state index contributed by atoms with van der Waals surface area (Å²) in [6.45, 7) is 4.83. The second-order valence-corrected chi connectivity index (χ2v) is 5.16. The van der Waals surface area contributed by atoms with Crippen LogP contribution in [-0.4, -0.2) is 43.6 Å². The summed E-state index contributed by atoms with van der Waals surface area (Å²) >= 11 is 0. The molecule has 108 valence electrons. The second-order valence-electron chi connectivity index (χ2n) is 5.16. The molecule has 1 atom stereocenters. The third kappa shape index (κ3) is 4.31. The highest BCUT2D eigenvalue weighted by atomic mass is 19.1. The summed E-state index contributed by atoms with van der Waals surface area (Å²) in [5.74, 6) is -0.964. The maximum Gasteiger partial charge on any atom is 0.168 e. The lowest BCUT2D eigenvalue weighted by Crippen LogP contribution is -2.37. The molecule has 0 aliphatic carbocycles. The Morgan fingerprint density at radius 1 is 1.21 bits per heavy atom. The summed E-state index contributed by atoms with van der Waals surface area (Å²) in [6, 6.07) is 0.876. The minimum absolute atomic E-state index is 0.0344. The van der Waals surface area contributed by atoms with E-state index in [0.29, 0.717) is 5.92 Å². The molecule has 4 nitrogen and oxygen atoms in total. The average Bonchev–Trinajstić information content (AvgIpc) is 2.30. The van der Waals surface area contributed by atoms with Crippen LogP contribution in [-0.2, 0) is 0 Å². The van der Waals surface area contributed by atoms with Crippen LogP contribution < -0.4 is 10.6 Å². The molecule has 0 saturated heterocycles. The van der Waals surface area contributed by atoms with E-state index in [-0.39, 0.29) is 17.7 Å². The van der Waals surface area contributed by atoms with Crippen LogP contribution in [0.25, 0.3) is 0 Å². The molecule has 1 aromatic rings. The Bertz CT molecular complexity index is 421. The van der Waals surface area contributed by atoms with E-state index in [1.54, 1.807) is 7.05 Å². The van der Waals surface area contributed by atoms with Crippen LogP contribution in [0, 0.1) is 17.6 Å². The lowest BCUT2D eigenvalue weighted by atomic mass is 10.0. The third-order valence-electron chi connectivity index (χ3n) is 2.85. The van der Waals surface area contributed by atoms with Crippen LogP contribution in [0.2, 0.25) is 0 Å². The molecule has 1 rings (SSSR count). The van der Waals surface area contributed by atoms with Crippen molar-refractivity contribution >= 4 is 11.6 Å². The van der Waals surface area contributed by atoms with E-state index in [0.717, 1.165) is 12.6 Å². The van der Waals surface area contributed by atoms with Gasteiger partial charge in [0.1, 0.15) is 0 Å². The highest BCUT2D eigenvalue weighted by Crippen LogP contribution is 2.20. The molecule has 1 aromatic heterocycles. The summed E-state index contributed by atoms with van der Waals surface area (Å²) < 4.78 is 27.1. The van der Waals surface area contributed by atoms with E-state index in [1.165, 1.54) is 0 Å². The summed E-state index contributed by atoms with van der Waals surface area (Å²) in [7, 11) is 5.45. The van der Waals surface area contributed by atoms with Gasteiger partial charge in [-0.15, -0.1) is 0 Å². The molecule has 0 saturated carbocycles. The summed E-state index contributed by atoms with van der Waals surface area (Å²) in [5.41, 5.74) is 0. The number of anilines is 2. The Morgan fingerprint density at radius 3 is 2.26 bits per heavy atom. The van der Waals surface area contributed by atoms with Crippen molar-refractivity contribution in [2.75, 3.05) is 38.3 Å². The molecule has 1 heterocycles.